The van der Waals surface area contributed by atoms with Gasteiger partial charge in [0.05, 0.1) is 0 Å². The van der Waals surface area contributed by atoms with Crippen molar-refractivity contribution in [1.29, 1.82) is 0 Å². The summed E-state index contributed by atoms with van der Waals surface area (Å²) in [5.74, 6) is 0.665. The van der Waals surface area contributed by atoms with Gasteiger partial charge >= 0.3 is 0 Å². The Balaban J connectivity index is 1.94. The standard InChI is InChI=1S/C29H28O3/c1-28(2,20-7-5-4-6-8-20)26-19-23(13-18-27(26)32)29(3,21-9-14-24(30)15-10-21)22-11-16-25(31)17-12-22/h4-19,30-32H,1-3H3. The molecule has 0 unspecified atom stereocenters. The van der Waals surface area contributed by atoms with Gasteiger partial charge < -0.3 is 15.3 Å². The van der Waals surface area contributed by atoms with Crippen LogP contribution in [0.1, 0.15) is 48.6 Å². The van der Waals surface area contributed by atoms with E-state index >= 15 is 0 Å². The van der Waals surface area contributed by atoms with Crippen LogP contribution < -0.4 is 0 Å². The number of phenolic OH excluding ortho intramolecular Hbond substituents is 3. The Morgan fingerprint density at radius 1 is 0.500 bits per heavy atom. The molecule has 0 radical (unpaired) electrons. The molecular weight excluding hydrogens is 396 g/mol. The topological polar surface area (TPSA) is 60.7 Å². The largest absolute Gasteiger partial charge is 0.508 e. The Hall–Kier alpha value is -3.72. The summed E-state index contributed by atoms with van der Waals surface area (Å²) in [5, 5.41) is 30.5. The van der Waals surface area contributed by atoms with Gasteiger partial charge in [0.25, 0.3) is 0 Å². The maximum Gasteiger partial charge on any atom is 0.119 e. The molecule has 0 heterocycles. The summed E-state index contributed by atoms with van der Waals surface area (Å²) in [6.45, 7) is 6.34. The highest BCUT2D eigenvalue weighted by Gasteiger charge is 2.34. The van der Waals surface area contributed by atoms with Crippen molar-refractivity contribution in [3.63, 3.8) is 0 Å². The number of hydrogen-bond donors (Lipinski definition) is 3. The van der Waals surface area contributed by atoms with Gasteiger partial charge in [-0.15, -0.1) is 0 Å². The van der Waals surface area contributed by atoms with Gasteiger partial charge in [-0.05, 0) is 65.6 Å². The van der Waals surface area contributed by atoms with Crippen LogP contribution >= 0.6 is 0 Å². The monoisotopic (exact) mass is 424 g/mol. The van der Waals surface area contributed by atoms with Crippen molar-refractivity contribution in [3.8, 4) is 17.2 Å². The van der Waals surface area contributed by atoms with E-state index in [0.29, 0.717) is 0 Å². The van der Waals surface area contributed by atoms with E-state index in [0.717, 1.165) is 27.8 Å². The second kappa shape index (κ2) is 8.08. The Labute approximate surface area is 189 Å². The summed E-state index contributed by atoms with van der Waals surface area (Å²) in [6.07, 6.45) is 0. The summed E-state index contributed by atoms with van der Waals surface area (Å²) >= 11 is 0. The molecule has 0 aliphatic rings. The minimum Gasteiger partial charge on any atom is -0.508 e. The van der Waals surface area contributed by atoms with Crippen LogP contribution in [0, 0.1) is 0 Å². The highest BCUT2D eigenvalue weighted by molar-refractivity contribution is 5.55. The van der Waals surface area contributed by atoms with E-state index in [9.17, 15) is 15.3 Å². The first-order chi connectivity index (χ1) is 15.2. The van der Waals surface area contributed by atoms with Gasteiger partial charge in [-0.1, -0.05) is 74.5 Å². The molecular formula is C29H28O3. The quantitative estimate of drug-likeness (QED) is 0.321. The van der Waals surface area contributed by atoms with E-state index in [2.05, 4.69) is 39.0 Å². The third-order valence-electron chi connectivity index (χ3n) is 6.63. The van der Waals surface area contributed by atoms with Crippen molar-refractivity contribution in [2.24, 2.45) is 0 Å². The summed E-state index contributed by atoms with van der Waals surface area (Å²) in [4.78, 5) is 0. The van der Waals surface area contributed by atoms with Gasteiger partial charge in [0, 0.05) is 16.4 Å². The summed E-state index contributed by atoms with van der Waals surface area (Å²) in [7, 11) is 0. The first-order valence-electron chi connectivity index (χ1n) is 10.7. The predicted octanol–water partition coefficient (Wildman–Crippen LogP) is 6.48. The molecule has 4 aromatic rings. The minimum atomic E-state index is -0.573. The molecule has 3 nitrogen and oxygen atoms in total. The Kier molecular flexibility index (Phi) is 5.43. The highest BCUT2D eigenvalue weighted by Crippen LogP contribution is 2.44. The molecule has 4 rings (SSSR count). The van der Waals surface area contributed by atoms with Gasteiger partial charge in [-0.3, -0.25) is 0 Å². The molecule has 0 spiro atoms. The van der Waals surface area contributed by atoms with Crippen LogP contribution in [-0.2, 0) is 10.8 Å². The smallest absolute Gasteiger partial charge is 0.119 e. The second-order valence-electron chi connectivity index (χ2n) is 8.94. The lowest BCUT2D eigenvalue weighted by Crippen LogP contribution is -2.27. The van der Waals surface area contributed by atoms with Crippen LogP contribution in [-0.4, -0.2) is 15.3 Å². The Morgan fingerprint density at radius 2 is 0.969 bits per heavy atom. The van der Waals surface area contributed by atoms with Gasteiger partial charge in [-0.2, -0.15) is 0 Å². The van der Waals surface area contributed by atoms with E-state index < -0.39 is 10.8 Å². The van der Waals surface area contributed by atoms with Crippen LogP contribution in [0.25, 0.3) is 0 Å². The molecule has 0 aromatic heterocycles. The molecule has 3 N–H and O–H groups in total. The maximum absolute atomic E-state index is 10.8. The summed E-state index contributed by atoms with van der Waals surface area (Å²) < 4.78 is 0. The molecule has 0 aliphatic heterocycles. The van der Waals surface area contributed by atoms with Crippen LogP contribution in [0.15, 0.2) is 97.1 Å². The molecule has 162 valence electrons. The normalized spacial score (nSPS) is 12.0. The van der Waals surface area contributed by atoms with Crippen molar-refractivity contribution in [3.05, 3.63) is 125 Å². The summed E-state index contributed by atoms with van der Waals surface area (Å²) in [6, 6.07) is 30.3. The molecule has 32 heavy (non-hydrogen) atoms. The first-order valence-corrected chi connectivity index (χ1v) is 10.7. The molecule has 0 amide bonds. The van der Waals surface area contributed by atoms with Crippen LogP contribution in [0.5, 0.6) is 17.2 Å². The molecule has 0 bridgehead atoms. The van der Waals surface area contributed by atoms with Gasteiger partial charge in [0.2, 0.25) is 0 Å². The number of aromatic hydroxyl groups is 3. The fourth-order valence-electron chi connectivity index (χ4n) is 4.45. The zero-order valence-corrected chi connectivity index (χ0v) is 18.6. The summed E-state index contributed by atoms with van der Waals surface area (Å²) in [5.41, 5.74) is 3.97. The average molecular weight is 425 g/mol. The number of rotatable bonds is 5. The zero-order chi connectivity index (χ0) is 22.9. The van der Waals surface area contributed by atoms with Gasteiger partial charge in [0.15, 0.2) is 0 Å². The fourth-order valence-corrected chi connectivity index (χ4v) is 4.45. The van der Waals surface area contributed by atoms with E-state index in [1.54, 1.807) is 30.3 Å². The van der Waals surface area contributed by atoms with E-state index in [1.165, 1.54) is 0 Å². The average Bonchev–Trinajstić information content (AvgIpc) is 2.80. The Bertz CT molecular complexity index is 1160. The lowest BCUT2D eigenvalue weighted by atomic mass is 9.69. The third kappa shape index (κ3) is 3.71. The van der Waals surface area contributed by atoms with Crippen LogP contribution in [0.3, 0.4) is 0 Å². The van der Waals surface area contributed by atoms with Crippen molar-refractivity contribution >= 4 is 0 Å². The van der Waals surface area contributed by atoms with Gasteiger partial charge in [0.1, 0.15) is 17.2 Å². The van der Waals surface area contributed by atoms with Crippen molar-refractivity contribution in [1.82, 2.24) is 0 Å². The van der Waals surface area contributed by atoms with Crippen molar-refractivity contribution in [2.45, 2.75) is 31.6 Å². The van der Waals surface area contributed by atoms with Crippen LogP contribution in [0.4, 0.5) is 0 Å². The highest BCUT2D eigenvalue weighted by atomic mass is 16.3. The van der Waals surface area contributed by atoms with E-state index in [4.69, 9.17) is 0 Å². The number of phenols is 3. The van der Waals surface area contributed by atoms with Crippen LogP contribution in [0.2, 0.25) is 0 Å². The molecule has 4 aromatic carbocycles. The fraction of sp³-hybridized carbons (Fsp3) is 0.172. The molecule has 0 saturated heterocycles. The van der Waals surface area contributed by atoms with Crippen molar-refractivity contribution in [2.75, 3.05) is 0 Å². The number of hydrogen-bond acceptors (Lipinski definition) is 3. The lowest BCUT2D eigenvalue weighted by molar-refractivity contribution is 0.452. The van der Waals surface area contributed by atoms with E-state index in [1.807, 2.05) is 48.5 Å². The van der Waals surface area contributed by atoms with E-state index in [-0.39, 0.29) is 17.2 Å². The van der Waals surface area contributed by atoms with Crippen molar-refractivity contribution < 1.29 is 15.3 Å². The minimum absolute atomic E-state index is 0.207. The molecule has 3 heteroatoms. The SMILES string of the molecule is CC(C)(c1ccccc1)c1cc(C(C)(c2ccc(O)cc2)c2ccc(O)cc2)ccc1O. The second-order valence-corrected chi connectivity index (χ2v) is 8.94. The predicted molar refractivity (Wildman–Crippen MR) is 128 cm³/mol. The lowest BCUT2D eigenvalue weighted by Gasteiger charge is -2.34. The molecule has 0 saturated carbocycles. The zero-order valence-electron chi connectivity index (χ0n) is 18.6. The first kappa shape index (κ1) is 21.5. The molecule has 0 aliphatic carbocycles. The Morgan fingerprint density at radius 3 is 1.47 bits per heavy atom. The number of benzene rings is 4. The molecule has 0 fully saturated rings. The third-order valence-corrected chi connectivity index (χ3v) is 6.63. The van der Waals surface area contributed by atoms with Gasteiger partial charge in [-0.25, -0.2) is 0 Å². The maximum atomic E-state index is 10.8. The molecule has 0 atom stereocenters.